The fraction of sp³-hybridized carbons (Fsp3) is 0.312. The van der Waals surface area contributed by atoms with Crippen LogP contribution < -0.4 is 5.32 Å². The van der Waals surface area contributed by atoms with Crippen LogP contribution in [0, 0.1) is 5.92 Å². The summed E-state index contributed by atoms with van der Waals surface area (Å²) in [6.45, 7) is 2.25. The number of hydrogen-bond acceptors (Lipinski definition) is 6. The molecule has 4 rings (SSSR count). The van der Waals surface area contributed by atoms with E-state index in [1.807, 2.05) is 0 Å². The van der Waals surface area contributed by atoms with E-state index in [0.29, 0.717) is 22.4 Å². The summed E-state index contributed by atoms with van der Waals surface area (Å²) in [5, 5.41) is 7.59. The molecule has 0 spiro atoms. The molecule has 3 aromatic heterocycles. The number of fused-ring (bicyclic) bond motifs is 1. The van der Waals surface area contributed by atoms with E-state index in [1.54, 1.807) is 29.7 Å². The van der Waals surface area contributed by atoms with E-state index in [2.05, 4.69) is 32.3 Å². The van der Waals surface area contributed by atoms with Gasteiger partial charge in [0.2, 0.25) is 0 Å². The van der Waals surface area contributed by atoms with Crippen molar-refractivity contribution in [3.05, 3.63) is 47.1 Å². The van der Waals surface area contributed by atoms with Gasteiger partial charge in [-0.1, -0.05) is 6.92 Å². The number of nitrogens with one attached hydrogen (secondary N) is 1. The minimum atomic E-state index is -0.243. The number of nitrogens with zero attached hydrogens (tertiary/aromatic N) is 5. The second-order valence-electron chi connectivity index (χ2n) is 5.91. The first-order valence-corrected chi connectivity index (χ1v) is 8.62. The normalized spacial score (nSPS) is 16.6. The Labute approximate surface area is 142 Å². The van der Waals surface area contributed by atoms with Gasteiger partial charge in [-0.15, -0.1) is 11.3 Å². The average molecular weight is 340 g/mol. The molecule has 1 aliphatic rings. The smallest absolute Gasteiger partial charge is 0.261 e. The van der Waals surface area contributed by atoms with Crippen LogP contribution in [0.25, 0.3) is 5.82 Å². The Hall–Kier alpha value is -2.61. The van der Waals surface area contributed by atoms with Crippen LogP contribution in [0.3, 0.4) is 0 Å². The van der Waals surface area contributed by atoms with E-state index < -0.39 is 0 Å². The molecule has 122 valence electrons. The number of carbonyl (C=O) groups is 1. The van der Waals surface area contributed by atoms with Crippen LogP contribution in [0.5, 0.6) is 0 Å². The number of hydrogen-bond donors (Lipinski definition) is 1. The zero-order chi connectivity index (χ0) is 16.5. The molecule has 0 aliphatic heterocycles. The van der Waals surface area contributed by atoms with Gasteiger partial charge in [-0.2, -0.15) is 5.10 Å². The van der Waals surface area contributed by atoms with Crippen LogP contribution in [0.15, 0.2) is 31.0 Å². The lowest BCUT2D eigenvalue weighted by Crippen LogP contribution is -2.16. The highest BCUT2D eigenvalue weighted by Gasteiger charge is 2.21. The maximum atomic E-state index is 12.7. The summed E-state index contributed by atoms with van der Waals surface area (Å²) in [5.74, 6) is 0.883. The van der Waals surface area contributed by atoms with E-state index in [4.69, 9.17) is 0 Å². The van der Waals surface area contributed by atoms with E-state index in [9.17, 15) is 4.79 Å². The molecule has 0 radical (unpaired) electrons. The molecule has 0 saturated carbocycles. The van der Waals surface area contributed by atoms with Crippen molar-refractivity contribution in [2.45, 2.75) is 26.2 Å². The number of pyridine rings is 1. The maximum absolute atomic E-state index is 12.7. The predicted octanol–water partition coefficient (Wildman–Crippen LogP) is 2.50. The molecule has 0 saturated heterocycles. The first kappa shape index (κ1) is 14.9. The fourth-order valence-corrected chi connectivity index (χ4v) is 4.00. The van der Waals surface area contributed by atoms with Crippen molar-refractivity contribution in [3.63, 3.8) is 0 Å². The zero-order valence-corrected chi connectivity index (χ0v) is 14.0. The van der Waals surface area contributed by atoms with Crippen molar-refractivity contribution in [2.24, 2.45) is 5.92 Å². The molecule has 1 N–H and O–H groups in total. The second-order valence-corrected chi connectivity index (χ2v) is 6.99. The summed E-state index contributed by atoms with van der Waals surface area (Å²) < 4.78 is 1.48. The molecule has 3 aromatic rings. The highest BCUT2D eigenvalue weighted by Crippen LogP contribution is 2.32. The molecule has 0 bridgehead atoms. The Kier molecular flexibility index (Phi) is 3.81. The van der Waals surface area contributed by atoms with Gasteiger partial charge in [-0.25, -0.2) is 19.6 Å². The van der Waals surface area contributed by atoms with Gasteiger partial charge in [0.05, 0.1) is 11.3 Å². The Bertz CT molecular complexity index is 873. The summed E-state index contributed by atoms with van der Waals surface area (Å²) in [6.07, 6.45) is 7.73. The molecule has 1 aliphatic carbocycles. The minimum absolute atomic E-state index is 0.243. The highest BCUT2D eigenvalue weighted by molar-refractivity contribution is 7.15. The van der Waals surface area contributed by atoms with Crippen LogP contribution in [0.1, 0.15) is 34.3 Å². The number of amides is 1. The number of carbonyl (C=O) groups excluding carboxylic acids is 1. The standard InChI is InChI=1S/C16H16N6OS/c1-10-4-5-12-13(7-10)24-16(20-12)21-15(23)11-3-2-6-18-14(11)22-9-17-8-19-22/h2-3,6,8-10H,4-5,7H2,1H3,(H,20,21,23). The average Bonchev–Trinajstić information content (AvgIpc) is 3.23. The van der Waals surface area contributed by atoms with Gasteiger partial charge in [0.25, 0.3) is 5.91 Å². The van der Waals surface area contributed by atoms with Crippen LogP contribution in [-0.2, 0) is 12.8 Å². The summed E-state index contributed by atoms with van der Waals surface area (Å²) in [7, 11) is 0. The third kappa shape index (κ3) is 2.80. The fourth-order valence-electron chi connectivity index (χ4n) is 2.83. The molecule has 1 atom stereocenters. The van der Waals surface area contributed by atoms with E-state index in [-0.39, 0.29) is 5.91 Å². The third-order valence-electron chi connectivity index (χ3n) is 4.07. The Morgan fingerprint density at radius 2 is 2.38 bits per heavy atom. The van der Waals surface area contributed by atoms with Gasteiger partial charge in [-0.05, 0) is 37.3 Å². The summed E-state index contributed by atoms with van der Waals surface area (Å²) in [6, 6.07) is 3.44. The van der Waals surface area contributed by atoms with Gasteiger partial charge in [0.15, 0.2) is 10.9 Å². The summed E-state index contributed by atoms with van der Waals surface area (Å²) in [4.78, 5) is 26.7. The van der Waals surface area contributed by atoms with Crippen molar-refractivity contribution in [3.8, 4) is 5.82 Å². The number of rotatable bonds is 3. The van der Waals surface area contributed by atoms with Crippen LogP contribution in [0.4, 0.5) is 5.13 Å². The lowest BCUT2D eigenvalue weighted by atomic mass is 9.93. The number of aromatic nitrogens is 5. The topological polar surface area (TPSA) is 85.6 Å². The molecule has 24 heavy (non-hydrogen) atoms. The quantitative estimate of drug-likeness (QED) is 0.792. The third-order valence-corrected chi connectivity index (χ3v) is 5.11. The molecule has 1 amide bonds. The van der Waals surface area contributed by atoms with E-state index in [1.165, 1.54) is 22.2 Å². The first-order chi connectivity index (χ1) is 11.7. The Morgan fingerprint density at radius 3 is 3.21 bits per heavy atom. The monoisotopic (exact) mass is 340 g/mol. The Morgan fingerprint density at radius 1 is 1.46 bits per heavy atom. The second kappa shape index (κ2) is 6.12. The number of aryl methyl sites for hydroxylation is 1. The molecular weight excluding hydrogens is 324 g/mol. The van der Waals surface area contributed by atoms with Crippen molar-refractivity contribution in [1.29, 1.82) is 0 Å². The molecule has 3 heterocycles. The van der Waals surface area contributed by atoms with Gasteiger partial charge in [-0.3, -0.25) is 10.1 Å². The first-order valence-electron chi connectivity index (χ1n) is 7.80. The van der Waals surface area contributed by atoms with E-state index in [0.717, 1.165) is 25.0 Å². The largest absolute Gasteiger partial charge is 0.298 e. The highest BCUT2D eigenvalue weighted by atomic mass is 32.1. The maximum Gasteiger partial charge on any atom is 0.261 e. The number of anilines is 1. The lowest BCUT2D eigenvalue weighted by Gasteiger charge is -2.15. The van der Waals surface area contributed by atoms with Crippen molar-refractivity contribution in [1.82, 2.24) is 24.7 Å². The summed E-state index contributed by atoms with van der Waals surface area (Å²) in [5.41, 5.74) is 1.56. The number of thiazole rings is 1. The molecular formula is C16H16N6OS. The van der Waals surface area contributed by atoms with Gasteiger partial charge >= 0.3 is 0 Å². The molecule has 7 nitrogen and oxygen atoms in total. The lowest BCUT2D eigenvalue weighted by molar-refractivity contribution is 0.102. The van der Waals surface area contributed by atoms with Crippen LogP contribution >= 0.6 is 11.3 Å². The van der Waals surface area contributed by atoms with Crippen molar-refractivity contribution < 1.29 is 4.79 Å². The molecule has 8 heteroatoms. The van der Waals surface area contributed by atoms with E-state index >= 15 is 0 Å². The minimum Gasteiger partial charge on any atom is -0.298 e. The summed E-state index contributed by atoms with van der Waals surface area (Å²) >= 11 is 1.57. The predicted molar refractivity (Wildman–Crippen MR) is 90.4 cm³/mol. The SMILES string of the molecule is CC1CCc2nc(NC(=O)c3cccnc3-n3cncn3)sc2C1. The molecule has 0 aromatic carbocycles. The van der Waals surface area contributed by atoms with Crippen molar-refractivity contribution in [2.75, 3.05) is 5.32 Å². The van der Waals surface area contributed by atoms with Gasteiger partial charge < -0.3 is 0 Å². The molecule has 0 fully saturated rings. The van der Waals surface area contributed by atoms with Gasteiger partial charge in [0, 0.05) is 11.1 Å². The van der Waals surface area contributed by atoms with Gasteiger partial charge in [0.1, 0.15) is 12.7 Å². The van der Waals surface area contributed by atoms with Crippen LogP contribution in [0.2, 0.25) is 0 Å². The van der Waals surface area contributed by atoms with Crippen LogP contribution in [-0.4, -0.2) is 30.6 Å². The molecule has 1 unspecified atom stereocenters. The Balaban J connectivity index is 1.60. The van der Waals surface area contributed by atoms with Crippen molar-refractivity contribution >= 4 is 22.4 Å². The zero-order valence-electron chi connectivity index (χ0n) is 13.1.